The lowest BCUT2D eigenvalue weighted by molar-refractivity contribution is 0.203. The summed E-state index contributed by atoms with van der Waals surface area (Å²) in [7, 11) is -1.70. The summed E-state index contributed by atoms with van der Waals surface area (Å²) in [5, 5.41) is 0.613. The predicted molar refractivity (Wildman–Crippen MR) is 90.6 cm³/mol. The topological polar surface area (TPSA) is 31.4 Å². The summed E-state index contributed by atoms with van der Waals surface area (Å²) in [6.07, 6.45) is 1.71. The molecule has 6 heteroatoms. The lowest BCUT2D eigenvalue weighted by atomic mass is 10.2. The fourth-order valence-corrected chi connectivity index (χ4v) is 2.78. The van der Waals surface area contributed by atoms with Gasteiger partial charge < -0.3 is 9.16 Å². The van der Waals surface area contributed by atoms with Crippen molar-refractivity contribution in [2.75, 3.05) is 13.2 Å². The van der Waals surface area contributed by atoms with E-state index in [1.165, 1.54) is 0 Å². The van der Waals surface area contributed by atoms with Gasteiger partial charge in [-0.15, -0.1) is 0 Å². The van der Waals surface area contributed by atoms with Crippen molar-refractivity contribution in [3.8, 4) is 5.75 Å². The van der Waals surface area contributed by atoms with Crippen LogP contribution in [-0.2, 0) is 4.43 Å². The number of halogens is 2. The molecule has 3 nitrogen and oxygen atoms in total. The van der Waals surface area contributed by atoms with Gasteiger partial charge in [0.2, 0.25) is 0 Å². The number of hydrogen-bond acceptors (Lipinski definition) is 3. The Labute approximate surface area is 135 Å². The first-order valence-electron chi connectivity index (χ1n) is 6.21. The molecule has 0 spiro atoms. The van der Waals surface area contributed by atoms with E-state index in [0.29, 0.717) is 24.1 Å². The minimum Gasteiger partial charge on any atom is -0.488 e. The second kappa shape index (κ2) is 6.73. The molecule has 0 saturated carbocycles. The fraction of sp³-hybridized carbons (Fsp3) is 0.615. The number of ether oxygens (including phenoxy) is 1. The maximum absolute atomic E-state index is 6.03. The smallest absolute Gasteiger partial charge is 0.192 e. The summed E-state index contributed by atoms with van der Waals surface area (Å²) in [5.41, 5.74) is 0. The van der Waals surface area contributed by atoms with Crippen LogP contribution in [0, 0.1) is 3.57 Å². The average molecular weight is 414 g/mol. The van der Waals surface area contributed by atoms with E-state index in [1.807, 2.05) is 6.07 Å². The Morgan fingerprint density at radius 2 is 1.95 bits per heavy atom. The van der Waals surface area contributed by atoms with Crippen molar-refractivity contribution < 1.29 is 9.16 Å². The van der Waals surface area contributed by atoms with Gasteiger partial charge in [-0.25, -0.2) is 4.98 Å². The second-order valence-electron chi connectivity index (χ2n) is 5.90. The van der Waals surface area contributed by atoms with Gasteiger partial charge in [-0.1, -0.05) is 32.4 Å². The molecule has 0 aliphatic rings. The van der Waals surface area contributed by atoms with Crippen LogP contribution in [0.2, 0.25) is 23.3 Å². The highest BCUT2D eigenvalue weighted by atomic mass is 127. The zero-order valence-electron chi connectivity index (χ0n) is 12.1. The third-order valence-electron chi connectivity index (χ3n) is 3.38. The van der Waals surface area contributed by atoms with Crippen LogP contribution in [0.4, 0.5) is 0 Å². The van der Waals surface area contributed by atoms with Gasteiger partial charge in [0.1, 0.15) is 6.61 Å². The molecule has 0 radical (unpaired) electrons. The van der Waals surface area contributed by atoms with Gasteiger partial charge in [0.05, 0.1) is 6.61 Å². The Morgan fingerprint density at radius 1 is 1.32 bits per heavy atom. The van der Waals surface area contributed by atoms with Crippen LogP contribution in [0.25, 0.3) is 0 Å². The summed E-state index contributed by atoms with van der Waals surface area (Å²) >= 11 is 8.15. The average Bonchev–Trinajstić information content (AvgIpc) is 2.27. The highest BCUT2D eigenvalue weighted by Crippen LogP contribution is 2.36. The van der Waals surface area contributed by atoms with Crippen molar-refractivity contribution in [3.63, 3.8) is 0 Å². The molecular formula is C13H21ClINO2Si. The van der Waals surface area contributed by atoms with E-state index >= 15 is 0 Å². The number of aromatic nitrogens is 1. The van der Waals surface area contributed by atoms with Gasteiger partial charge in [0, 0.05) is 9.77 Å². The van der Waals surface area contributed by atoms with Crippen LogP contribution in [-0.4, -0.2) is 26.5 Å². The van der Waals surface area contributed by atoms with Gasteiger partial charge in [-0.3, -0.25) is 0 Å². The van der Waals surface area contributed by atoms with Gasteiger partial charge in [-0.05, 0) is 46.8 Å². The molecule has 0 amide bonds. The first-order valence-corrected chi connectivity index (χ1v) is 10.6. The molecule has 1 aromatic rings. The van der Waals surface area contributed by atoms with Crippen LogP contribution in [0.15, 0.2) is 12.3 Å². The van der Waals surface area contributed by atoms with Gasteiger partial charge in [0.15, 0.2) is 19.2 Å². The van der Waals surface area contributed by atoms with E-state index < -0.39 is 8.32 Å². The SMILES string of the molecule is CC(C)(C)[Si](C)(C)OCCOc1cc(I)cnc1Cl. The highest BCUT2D eigenvalue weighted by Gasteiger charge is 2.36. The molecule has 19 heavy (non-hydrogen) atoms. The summed E-state index contributed by atoms with van der Waals surface area (Å²) in [6.45, 7) is 12.2. The van der Waals surface area contributed by atoms with Crippen molar-refractivity contribution in [3.05, 3.63) is 21.0 Å². The minimum atomic E-state index is -1.70. The Balaban J connectivity index is 2.45. The van der Waals surface area contributed by atoms with Crippen LogP contribution in [0.3, 0.4) is 0 Å². The summed E-state index contributed by atoms with van der Waals surface area (Å²) < 4.78 is 12.7. The molecule has 1 rings (SSSR count). The third kappa shape index (κ3) is 5.21. The van der Waals surface area contributed by atoms with Gasteiger partial charge in [0.25, 0.3) is 0 Å². The molecule has 0 fully saturated rings. The number of pyridine rings is 1. The standard InChI is InChI=1S/C13H21ClINO2Si/c1-13(2,3)19(4,5)18-7-6-17-11-8-10(15)9-16-12(11)14/h8-9H,6-7H2,1-5H3. The highest BCUT2D eigenvalue weighted by molar-refractivity contribution is 14.1. The van der Waals surface area contributed by atoms with E-state index in [1.54, 1.807) is 6.20 Å². The molecule has 0 aliphatic heterocycles. The maximum Gasteiger partial charge on any atom is 0.192 e. The molecule has 0 aromatic carbocycles. The van der Waals surface area contributed by atoms with E-state index in [-0.39, 0.29) is 5.04 Å². The van der Waals surface area contributed by atoms with Crippen LogP contribution < -0.4 is 4.74 Å². The van der Waals surface area contributed by atoms with Crippen LogP contribution >= 0.6 is 34.2 Å². The summed E-state index contributed by atoms with van der Waals surface area (Å²) in [4.78, 5) is 4.05. The van der Waals surface area contributed by atoms with Crippen molar-refractivity contribution in [2.24, 2.45) is 0 Å². The quantitative estimate of drug-likeness (QED) is 0.302. The largest absolute Gasteiger partial charge is 0.488 e. The number of rotatable bonds is 5. The number of nitrogens with zero attached hydrogens (tertiary/aromatic N) is 1. The molecule has 0 saturated heterocycles. The lowest BCUT2D eigenvalue weighted by Crippen LogP contribution is -2.41. The van der Waals surface area contributed by atoms with Gasteiger partial charge >= 0.3 is 0 Å². The Morgan fingerprint density at radius 3 is 2.53 bits per heavy atom. The van der Waals surface area contributed by atoms with Crippen LogP contribution in [0.5, 0.6) is 5.75 Å². The summed E-state index contributed by atoms with van der Waals surface area (Å²) in [6, 6.07) is 1.88. The van der Waals surface area contributed by atoms with E-state index in [2.05, 4.69) is 61.4 Å². The van der Waals surface area contributed by atoms with Crippen molar-refractivity contribution in [1.82, 2.24) is 4.98 Å². The molecule has 0 unspecified atom stereocenters. The Bertz CT molecular complexity index is 435. The molecule has 108 valence electrons. The summed E-state index contributed by atoms with van der Waals surface area (Å²) in [5.74, 6) is 0.618. The number of hydrogen-bond donors (Lipinski definition) is 0. The normalized spacial score (nSPS) is 12.6. The minimum absolute atomic E-state index is 0.217. The molecule has 1 aromatic heterocycles. The predicted octanol–water partition coefficient (Wildman–Crippen LogP) is 4.74. The molecule has 1 heterocycles. The molecule has 0 aliphatic carbocycles. The molecule has 0 atom stereocenters. The Kier molecular flexibility index (Phi) is 6.10. The van der Waals surface area contributed by atoms with Crippen LogP contribution in [0.1, 0.15) is 20.8 Å². The molecule has 0 N–H and O–H groups in total. The fourth-order valence-electron chi connectivity index (χ4n) is 1.17. The first-order chi connectivity index (χ1) is 8.63. The maximum atomic E-state index is 6.03. The van der Waals surface area contributed by atoms with Gasteiger partial charge in [-0.2, -0.15) is 0 Å². The van der Waals surface area contributed by atoms with E-state index in [4.69, 9.17) is 20.8 Å². The van der Waals surface area contributed by atoms with Crippen molar-refractivity contribution >= 4 is 42.5 Å². The zero-order valence-corrected chi connectivity index (χ0v) is 16.0. The van der Waals surface area contributed by atoms with E-state index in [9.17, 15) is 0 Å². The van der Waals surface area contributed by atoms with Crippen molar-refractivity contribution in [2.45, 2.75) is 38.9 Å². The third-order valence-corrected chi connectivity index (χ3v) is 8.80. The van der Waals surface area contributed by atoms with Crippen molar-refractivity contribution in [1.29, 1.82) is 0 Å². The van der Waals surface area contributed by atoms with E-state index in [0.717, 1.165) is 3.57 Å². The molecule has 0 bridgehead atoms. The zero-order chi connectivity index (χ0) is 14.7. The second-order valence-corrected chi connectivity index (χ2v) is 12.3. The Hall–Kier alpha value is 0.147. The monoisotopic (exact) mass is 413 g/mol. The lowest BCUT2D eigenvalue weighted by Gasteiger charge is -2.36. The molecular weight excluding hydrogens is 393 g/mol. The first kappa shape index (κ1) is 17.2.